The molecule has 0 radical (unpaired) electrons. The molecule has 0 atom stereocenters. The van der Waals surface area contributed by atoms with Crippen LogP contribution in [0.3, 0.4) is 0 Å². The molecule has 0 amide bonds. The highest BCUT2D eigenvalue weighted by molar-refractivity contribution is 5.49. The second-order valence-electron chi connectivity index (χ2n) is 2.06. The zero-order valence-corrected chi connectivity index (χ0v) is 5.83. The number of hydrogen-bond donors (Lipinski definition) is 0. The van der Waals surface area contributed by atoms with Crippen molar-refractivity contribution < 1.29 is 9.21 Å². The summed E-state index contributed by atoms with van der Waals surface area (Å²) in [7, 11) is 0. The van der Waals surface area contributed by atoms with Gasteiger partial charge in [-0.1, -0.05) is 0 Å². The van der Waals surface area contributed by atoms with Crippen LogP contribution in [0, 0.1) is 6.92 Å². The molecular formula is C7H9NO2. The second kappa shape index (κ2) is 3.15. The summed E-state index contributed by atoms with van der Waals surface area (Å²) in [5.74, 6) is 0.654. The smallest absolute Gasteiger partial charge is 0.191 e. The van der Waals surface area contributed by atoms with Crippen molar-refractivity contribution in [2.24, 2.45) is 0 Å². The van der Waals surface area contributed by atoms with E-state index in [1.165, 1.54) is 0 Å². The van der Waals surface area contributed by atoms with Gasteiger partial charge in [-0.05, 0) is 6.42 Å². The summed E-state index contributed by atoms with van der Waals surface area (Å²) in [5.41, 5.74) is 0.851. The highest BCUT2D eigenvalue weighted by atomic mass is 16.3. The number of carbonyl (C=O) groups excluding carboxylic acids is 1. The Morgan fingerprint density at radius 1 is 1.80 bits per heavy atom. The molecular weight excluding hydrogens is 130 g/mol. The minimum absolute atomic E-state index is 0.520. The minimum Gasteiger partial charge on any atom is -0.449 e. The van der Waals surface area contributed by atoms with Crippen molar-refractivity contribution in [1.82, 2.24) is 4.98 Å². The highest BCUT2D eigenvalue weighted by Gasteiger charge is 1.97. The van der Waals surface area contributed by atoms with E-state index in [-0.39, 0.29) is 0 Å². The summed E-state index contributed by atoms with van der Waals surface area (Å²) >= 11 is 0. The lowest BCUT2D eigenvalue weighted by Crippen LogP contribution is -1.85. The number of hydrogen-bond acceptors (Lipinski definition) is 3. The van der Waals surface area contributed by atoms with Gasteiger partial charge in [-0.15, -0.1) is 0 Å². The molecule has 3 heteroatoms. The van der Waals surface area contributed by atoms with E-state index < -0.39 is 0 Å². The first kappa shape index (κ1) is 6.99. The fraction of sp³-hybridized carbons (Fsp3) is 0.429. The van der Waals surface area contributed by atoms with Crippen molar-refractivity contribution in [2.75, 3.05) is 0 Å². The lowest BCUT2D eigenvalue weighted by Gasteiger charge is -1.83. The quantitative estimate of drug-likeness (QED) is 0.589. The van der Waals surface area contributed by atoms with Crippen molar-refractivity contribution in [3.63, 3.8) is 0 Å². The third-order valence-corrected chi connectivity index (χ3v) is 1.18. The molecule has 0 aliphatic carbocycles. The van der Waals surface area contributed by atoms with Crippen molar-refractivity contribution in [1.29, 1.82) is 0 Å². The summed E-state index contributed by atoms with van der Waals surface area (Å²) < 4.78 is 4.93. The molecule has 0 aliphatic heterocycles. The van der Waals surface area contributed by atoms with Crippen LogP contribution in [0.25, 0.3) is 0 Å². The lowest BCUT2D eigenvalue weighted by atomic mass is 10.3. The number of carbonyl (C=O) groups is 1. The first-order valence-corrected chi connectivity index (χ1v) is 3.17. The predicted molar refractivity (Wildman–Crippen MR) is 35.6 cm³/mol. The van der Waals surface area contributed by atoms with Crippen LogP contribution < -0.4 is 0 Å². The van der Waals surface area contributed by atoms with Crippen LogP contribution in [0.4, 0.5) is 0 Å². The molecule has 54 valence electrons. The third-order valence-electron chi connectivity index (χ3n) is 1.18. The fourth-order valence-electron chi connectivity index (χ4n) is 0.730. The Kier molecular flexibility index (Phi) is 2.20. The van der Waals surface area contributed by atoms with Crippen LogP contribution >= 0.6 is 0 Å². The summed E-state index contributed by atoms with van der Waals surface area (Å²) in [6, 6.07) is 0. The van der Waals surface area contributed by atoms with Crippen LogP contribution in [0.2, 0.25) is 0 Å². The molecule has 0 saturated carbocycles. The summed E-state index contributed by atoms with van der Waals surface area (Å²) in [6.07, 6.45) is 3.66. The largest absolute Gasteiger partial charge is 0.449 e. The van der Waals surface area contributed by atoms with Gasteiger partial charge in [-0.3, -0.25) is 0 Å². The van der Waals surface area contributed by atoms with Crippen LogP contribution in [-0.4, -0.2) is 11.3 Å². The van der Waals surface area contributed by atoms with E-state index in [9.17, 15) is 4.79 Å². The fourth-order valence-corrected chi connectivity index (χ4v) is 0.730. The Bertz CT molecular complexity index is 217. The molecule has 0 bridgehead atoms. The van der Waals surface area contributed by atoms with Gasteiger partial charge in [0.1, 0.15) is 12.5 Å². The maximum absolute atomic E-state index is 9.93. The molecule has 0 saturated heterocycles. The Morgan fingerprint density at radius 2 is 2.60 bits per heavy atom. The van der Waals surface area contributed by atoms with E-state index >= 15 is 0 Å². The van der Waals surface area contributed by atoms with Gasteiger partial charge in [0.05, 0.1) is 5.69 Å². The van der Waals surface area contributed by atoms with Gasteiger partial charge in [0, 0.05) is 13.3 Å². The molecule has 0 spiro atoms. The van der Waals surface area contributed by atoms with Gasteiger partial charge >= 0.3 is 0 Å². The molecule has 3 nitrogen and oxygen atoms in total. The zero-order valence-electron chi connectivity index (χ0n) is 5.83. The molecule has 0 aromatic carbocycles. The van der Waals surface area contributed by atoms with Gasteiger partial charge in [-0.2, -0.15) is 0 Å². The molecule has 1 aromatic rings. The first-order chi connectivity index (χ1) is 4.83. The molecule has 0 fully saturated rings. The maximum atomic E-state index is 9.93. The summed E-state index contributed by atoms with van der Waals surface area (Å²) in [5, 5.41) is 0. The van der Waals surface area contributed by atoms with Gasteiger partial charge in [-0.25, -0.2) is 4.98 Å². The Hall–Kier alpha value is -1.12. The Balaban J connectivity index is 2.49. The van der Waals surface area contributed by atoms with Crippen molar-refractivity contribution in [2.45, 2.75) is 19.8 Å². The third kappa shape index (κ3) is 1.69. The standard InChI is InChI=1S/C7H9NO2/c1-6-8-7(5-10-6)3-2-4-9/h4-5H,2-3H2,1H3. The SMILES string of the molecule is Cc1nc(CCC=O)co1. The number of nitrogens with zero attached hydrogens (tertiary/aromatic N) is 1. The van der Waals surface area contributed by atoms with Crippen molar-refractivity contribution >= 4 is 6.29 Å². The lowest BCUT2D eigenvalue weighted by molar-refractivity contribution is -0.107. The molecule has 0 N–H and O–H groups in total. The molecule has 1 heterocycles. The minimum atomic E-state index is 0.520. The van der Waals surface area contributed by atoms with E-state index in [0.717, 1.165) is 12.0 Å². The van der Waals surface area contributed by atoms with Gasteiger partial charge in [0.25, 0.3) is 0 Å². The molecule has 0 unspecified atom stereocenters. The number of aryl methyl sites for hydroxylation is 2. The molecule has 1 aromatic heterocycles. The van der Waals surface area contributed by atoms with E-state index in [0.29, 0.717) is 18.7 Å². The Labute approximate surface area is 59.1 Å². The highest BCUT2D eigenvalue weighted by Crippen LogP contribution is 2.01. The van der Waals surface area contributed by atoms with Crippen molar-refractivity contribution in [3.8, 4) is 0 Å². The second-order valence-corrected chi connectivity index (χ2v) is 2.06. The van der Waals surface area contributed by atoms with Crippen LogP contribution in [-0.2, 0) is 11.2 Å². The van der Waals surface area contributed by atoms with E-state index in [1.54, 1.807) is 13.2 Å². The Morgan fingerprint density at radius 3 is 3.10 bits per heavy atom. The summed E-state index contributed by atoms with van der Waals surface area (Å²) in [6.45, 7) is 1.78. The molecule has 1 rings (SSSR count). The average Bonchev–Trinajstić information content (AvgIpc) is 2.31. The molecule has 10 heavy (non-hydrogen) atoms. The van der Waals surface area contributed by atoms with Gasteiger partial charge in [0.15, 0.2) is 5.89 Å². The number of oxazole rings is 1. The van der Waals surface area contributed by atoms with Gasteiger partial charge < -0.3 is 9.21 Å². The zero-order chi connectivity index (χ0) is 7.40. The normalized spacial score (nSPS) is 9.70. The first-order valence-electron chi connectivity index (χ1n) is 3.17. The van der Waals surface area contributed by atoms with Crippen LogP contribution in [0.1, 0.15) is 18.0 Å². The number of aldehydes is 1. The maximum Gasteiger partial charge on any atom is 0.191 e. The van der Waals surface area contributed by atoms with Crippen LogP contribution in [0.5, 0.6) is 0 Å². The van der Waals surface area contributed by atoms with E-state index in [4.69, 9.17) is 4.42 Å². The van der Waals surface area contributed by atoms with Crippen LogP contribution in [0.15, 0.2) is 10.7 Å². The van der Waals surface area contributed by atoms with E-state index in [1.807, 2.05) is 0 Å². The monoisotopic (exact) mass is 139 g/mol. The van der Waals surface area contributed by atoms with Gasteiger partial charge in [0.2, 0.25) is 0 Å². The topological polar surface area (TPSA) is 43.1 Å². The summed E-state index contributed by atoms with van der Waals surface area (Å²) in [4.78, 5) is 13.9. The van der Waals surface area contributed by atoms with Crippen molar-refractivity contribution in [3.05, 3.63) is 17.8 Å². The predicted octanol–water partition coefficient (Wildman–Crippen LogP) is 1.11. The molecule has 0 aliphatic rings. The van der Waals surface area contributed by atoms with E-state index in [2.05, 4.69) is 4.98 Å². The number of aromatic nitrogens is 1. The average molecular weight is 139 g/mol. The number of rotatable bonds is 3.